The van der Waals surface area contributed by atoms with E-state index in [-0.39, 0.29) is 34.4 Å². The fraction of sp³-hybridized carbons (Fsp3) is 0.304. The normalized spacial score (nSPS) is 12.1. The summed E-state index contributed by atoms with van der Waals surface area (Å²) < 4.78 is 34.0. The van der Waals surface area contributed by atoms with Crippen LogP contribution in [-0.4, -0.2) is 48.7 Å². The molecule has 0 unspecified atom stereocenters. The van der Waals surface area contributed by atoms with Gasteiger partial charge in [-0.25, -0.2) is 13.4 Å². The van der Waals surface area contributed by atoms with Gasteiger partial charge in [-0.3, -0.25) is 19.7 Å². The van der Waals surface area contributed by atoms with Gasteiger partial charge in [0.15, 0.2) is 11.9 Å². The molecule has 0 bridgehead atoms. The second-order valence-electron chi connectivity index (χ2n) is 8.24. The van der Waals surface area contributed by atoms with Crippen LogP contribution in [0.4, 0.5) is 11.4 Å². The van der Waals surface area contributed by atoms with Crippen molar-refractivity contribution in [3.8, 4) is 0 Å². The number of aryl methyl sites for hydroxylation is 2. The van der Waals surface area contributed by atoms with E-state index in [1.165, 1.54) is 23.6 Å². The first-order chi connectivity index (χ1) is 18.0. The van der Waals surface area contributed by atoms with Gasteiger partial charge in [-0.2, -0.15) is 5.48 Å². The van der Waals surface area contributed by atoms with E-state index in [0.717, 1.165) is 11.3 Å². The van der Waals surface area contributed by atoms with Gasteiger partial charge < -0.3 is 26.0 Å². The number of guanidine groups is 1. The van der Waals surface area contributed by atoms with Crippen LogP contribution in [0.2, 0.25) is 0 Å². The Labute approximate surface area is 223 Å². The third kappa shape index (κ3) is 7.38. The summed E-state index contributed by atoms with van der Waals surface area (Å²) in [6.07, 6.45) is 0.419. The lowest BCUT2D eigenvalue weighted by molar-refractivity contribution is -0.119. The van der Waals surface area contributed by atoms with Crippen molar-refractivity contribution in [3.05, 3.63) is 57.9 Å². The standard InChI is InChI=1S/C23H29N7O6S2/c1-13-19(28-14(2)36-13)12-27-15-5-3-6-16(11-15)38(34,35)30-18-8-10-37-22(18)21(32)20(31)17(29-33)7-4-9-26-23(24)25/h3,5-6,8,10-11,17,27,29-30,33H,4,7,9,12H2,1-2H3,(H4,24,25,26)/t17-/m0/s1. The van der Waals surface area contributed by atoms with Crippen molar-refractivity contribution in [1.82, 2.24) is 15.8 Å². The number of hydrogen-bond donors (Lipinski definition) is 7. The number of nitrogens with two attached hydrogens (primary N) is 1. The van der Waals surface area contributed by atoms with Gasteiger partial charge in [0.25, 0.3) is 10.0 Å². The van der Waals surface area contributed by atoms with Gasteiger partial charge in [0.2, 0.25) is 11.6 Å². The lowest BCUT2D eigenvalue weighted by Crippen LogP contribution is -2.40. The molecule has 0 saturated carbocycles. The van der Waals surface area contributed by atoms with Gasteiger partial charge in [-0.1, -0.05) is 6.07 Å². The summed E-state index contributed by atoms with van der Waals surface area (Å²) in [6, 6.07) is 6.29. The van der Waals surface area contributed by atoms with Crippen LogP contribution in [0, 0.1) is 19.3 Å². The Balaban J connectivity index is 1.70. The third-order valence-electron chi connectivity index (χ3n) is 5.40. The van der Waals surface area contributed by atoms with Crippen molar-refractivity contribution < 1.29 is 27.6 Å². The molecule has 0 fully saturated rings. The number of anilines is 2. The topological polar surface area (TPSA) is 213 Å². The zero-order chi connectivity index (χ0) is 27.9. The van der Waals surface area contributed by atoms with E-state index < -0.39 is 27.6 Å². The first-order valence-corrected chi connectivity index (χ1v) is 13.8. The molecule has 8 N–H and O–H groups in total. The van der Waals surface area contributed by atoms with Crippen molar-refractivity contribution >= 4 is 50.3 Å². The Morgan fingerprint density at radius 3 is 2.68 bits per heavy atom. The molecule has 15 heteroatoms. The number of nitrogens with zero attached hydrogens (tertiary/aromatic N) is 1. The van der Waals surface area contributed by atoms with Crippen LogP contribution in [-0.2, 0) is 21.4 Å². The molecular formula is C23H29N7O6S2. The molecular weight excluding hydrogens is 534 g/mol. The summed E-state index contributed by atoms with van der Waals surface area (Å²) >= 11 is 0.902. The molecule has 3 aromatic rings. The zero-order valence-electron chi connectivity index (χ0n) is 20.7. The van der Waals surface area contributed by atoms with E-state index in [0.29, 0.717) is 36.0 Å². The number of aromatic nitrogens is 1. The first-order valence-electron chi connectivity index (χ1n) is 11.4. The summed E-state index contributed by atoms with van der Waals surface area (Å²) in [5, 5.41) is 23.7. The molecule has 0 aliphatic carbocycles. The van der Waals surface area contributed by atoms with Gasteiger partial charge >= 0.3 is 0 Å². The number of Topliss-reactive ketones (excluding diaryl/α,β-unsaturated/α-hetero) is 2. The Hall–Kier alpha value is -3.79. The van der Waals surface area contributed by atoms with Crippen molar-refractivity contribution in [1.29, 1.82) is 5.41 Å². The smallest absolute Gasteiger partial charge is 0.262 e. The minimum Gasteiger partial charge on any atom is -0.446 e. The van der Waals surface area contributed by atoms with Crippen LogP contribution in [0.5, 0.6) is 0 Å². The SMILES string of the molecule is Cc1nc(CNc2cccc(S(=O)(=O)Nc3ccsc3C(=O)C(=O)[C@H](CCCNC(=N)N)NO)c2)c(C)o1. The molecule has 2 aromatic heterocycles. The number of hydroxylamine groups is 1. The molecule has 1 atom stereocenters. The van der Waals surface area contributed by atoms with Crippen LogP contribution in [0.3, 0.4) is 0 Å². The summed E-state index contributed by atoms with van der Waals surface area (Å²) in [5.41, 5.74) is 8.21. The number of thiophene rings is 1. The average molecular weight is 564 g/mol. The number of benzene rings is 1. The van der Waals surface area contributed by atoms with Gasteiger partial charge in [-0.15, -0.1) is 11.3 Å². The number of nitrogens with one attached hydrogen (secondary N) is 5. The van der Waals surface area contributed by atoms with Crippen LogP contribution < -0.4 is 26.6 Å². The van der Waals surface area contributed by atoms with Gasteiger partial charge in [-0.05, 0) is 49.4 Å². The Morgan fingerprint density at radius 1 is 1.26 bits per heavy atom. The summed E-state index contributed by atoms with van der Waals surface area (Å²) in [6.45, 7) is 4.12. The number of carbonyl (C=O) groups is 2. The van der Waals surface area contributed by atoms with E-state index in [1.54, 1.807) is 26.0 Å². The maximum absolute atomic E-state index is 13.1. The monoisotopic (exact) mass is 563 g/mol. The summed E-state index contributed by atoms with van der Waals surface area (Å²) in [7, 11) is -4.11. The molecule has 0 spiro atoms. The minimum absolute atomic E-state index is 0.0460. The molecule has 0 aliphatic rings. The van der Waals surface area contributed by atoms with Gasteiger partial charge in [0.05, 0.1) is 23.2 Å². The van der Waals surface area contributed by atoms with E-state index in [2.05, 4.69) is 20.3 Å². The number of carbonyl (C=O) groups excluding carboxylic acids is 2. The predicted molar refractivity (Wildman–Crippen MR) is 142 cm³/mol. The Bertz CT molecular complexity index is 1420. The molecule has 2 heterocycles. The van der Waals surface area contributed by atoms with Gasteiger partial charge in [0.1, 0.15) is 16.3 Å². The Kier molecular flexibility index (Phi) is 9.57. The Morgan fingerprint density at radius 2 is 2.03 bits per heavy atom. The molecule has 0 aliphatic heterocycles. The highest BCUT2D eigenvalue weighted by atomic mass is 32.2. The maximum Gasteiger partial charge on any atom is 0.262 e. The van der Waals surface area contributed by atoms with Crippen molar-refractivity contribution in [2.24, 2.45) is 5.73 Å². The van der Waals surface area contributed by atoms with Crippen LogP contribution >= 0.6 is 11.3 Å². The highest BCUT2D eigenvalue weighted by Crippen LogP contribution is 2.27. The number of ketones is 2. The van der Waals surface area contributed by atoms with Crippen molar-refractivity contribution in [2.75, 3.05) is 16.6 Å². The molecule has 0 radical (unpaired) electrons. The van der Waals surface area contributed by atoms with Crippen molar-refractivity contribution in [2.45, 2.75) is 44.2 Å². The second-order valence-corrected chi connectivity index (χ2v) is 10.8. The maximum atomic E-state index is 13.1. The fourth-order valence-corrected chi connectivity index (χ4v) is 5.49. The molecule has 1 aromatic carbocycles. The summed E-state index contributed by atoms with van der Waals surface area (Å²) in [5.74, 6) is -0.917. The van der Waals surface area contributed by atoms with Crippen LogP contribution in [0.1, 0.15) is 39.9 Å². The first kappa shape index (κ1) is 28.8. The van der Waals surface area contributed by atoms with Crippen molar-refractivity contribution in [3.63, 3.8) is 0 Å². The second kappa shape index (κ2) is 12.6. The molecule has 13 nitrogen and oxygen atoms in total. The lowest BCUT2D eigenvalue weighted by atomic mass is 10.0. The van der Waals surface area contributed by atoms with E-state index in [1.807, 2.05) is 5.48 Å². The van der Waals surface area contributed by atoms with E-state index >= 15 is 0 Å². The third-order valence-corrected chi connectivity index (χ3v) is 7.68. The van der Waals surface area contributed by atoms with Crippen LogP contribution in [0.15, 0.2) is 45.0 Å². The van der Waals surface area contributed by atoms with E-state index in [9.17, 15) is 23.2 Å². The van der Waals surface area contributed by atoms with E-state index in [4.69, 9.17) is 15.6 Å². The molecule has 204 valence electrons. The fourth-order valence-electron chi connectivity index (χ4n) is 3.52. The lowest BCUT2D eigenvalue weighted by Gasteiger charge is -2.14. The van der Waals surface area contributed by atoms with Crippen LogP contribution in [0.25, 0.3) is 0 Å². The summed E-state index contributed by atoms with van der Waals surface area (Å²) in [4.78, 5) is 29.7. The quantitative estimate of drug-likeness (QED) is 0.0377. The highest BCUT2D eigenvalue weighted by Gasteiger charge is 2.29. The number of oxazole rings is 1. The predicted octanol–water partition coefficient (Wildman–Crippen LogP) is 2.13. The van der Waals surface area contributed by atoms with Gasteiger partial charge in [0, 0.05) is 19.2 Å². The zero-order valence-corrected chi connectivity index (χ0v) is 22.3. The number of rotatable bonds is 14. The number of sulfonamides is 1. The minimum atomic E-state index is -4.11. The average Bonchev–Trinajstić information content (AvgIpc) is 3.46. The molecule has 0 amide bonds. The largest absolute Gasteiger partial charge is 0.446 e. The number of hydrogen-bond acceptors (Lipinski definition) is 11. The molecule has 38 heavy (non-hydrogen) atoms. The molecule has 0 saturated heterocycles. The molecule has 3 rings (SSSR count). The highest BCUT2D eigenvalue weighted by molar-refractivity contribution is 7.92.